The van der Waals surface area contributed by atoms with E-state index in [4.69, 9.17) is 4.74 Å². The highest BCUT2D eigenvalue weighted by Crippen LogP contribution is 2.51. The van der Waals surface area contributed by atoms with Crippen LogP contribution in [-0.4, -0.2) is 28.7 Å². The largest absolute Gasteiger partial charge is 0.377 e. The summed E-state index contributed by atoms with van der Waals surface area (Å²) in [6.45, 7) is 2.89. The summed E-state index contributed by atoms with van der Waals surface area (Å²) < 4.78 is 6.00. The van der Waals surface area contributed by atoms with Crippen molar-refractivity contribution in [3.63, 3.8) is 0 Å². The second-order valence-electron chi connectivity index (χ2n) is 6.57. The summed E-state index contributed by atoms with van der Waals surface area (Å²) in [6.07, 6.45) is 9.14. The molecule has 0 bridgehead atoms. The van der Waals surface area contributed by atoms with E-state index in [1.54, 1.807) is 0 Å². The molecule has 1 aromatic heterocycles. The van der Waals surface area contributed by atoms with Crippen LogP contribution in [0.15, 0.2) is 12.3 Å². The normalized spacial score (nSPS) is 36.6. The summed E-state index contributed by atoms with van der Waals surface area (Å²) in [4.78, 5) is 8.69. The van der Waals surface area contributed by atoms with Crippen molar-refractivity contribution in [2.24, 2.45) is 17.8 Å². The van der Waals surface area contributed by atoms with Gasteiger partial charge in [0.15, 0.2) is 0 Å². The number of aromatic nitrogens is 2. The third kappa shape index (κ3) is 2.01. The number of hydrogen-bond donors (Lipinski definition) is 1. The number of ether oxygens (including phenoxy) is 1. The lowest BCUT2D eigenvalue weighted by Crippen LogP contribution is -2.59. The Morgan fingerprint density at radius 2 is 2.10 bits per heavy atom. The second kappa shape index (κ2) is 4.99. The van der Waals surface area contributed by atoms with Crippen molar-refractivity contribution in [2.45, 2.75) is 51.2 Å². The fourth-order valence-electron chi connectivity index (χ4n) is 4.57. The van der Waals surface area contributed by atoms with Crippen LogP contribution in [-0.2, 0) is 4.74 Å². The Morgan fingerprint density at radius 3 is 2.90 bits per heavy atom. The zero-order valence-corrected chi connectivity index (χ0v) is 12.1. The summed E-state index contributed by atoms with van der Waals surface area (Å²) in [5.74, 6) is 4.06. The first-order chi connectivity index (χ1) is 9.83. The SMILES string of the molecule is Cc1nccc(N[C@H]2[C@@H]3CCO[C@@H]3[C@@H]2C2CCCC2)n1. The number of nitrogens with zero attached hydrogens (tertiary/aromatic N) is 2. The molecule has 1 aliphatic heterocycles. The van der Waals surface area contributed by atoms with Crippen LogP contribution in [0.5, 0.6) is 0 Å². The van der Waals surface area contributed by atoms with Crippen LogP contribution >= 0.6 is 0 Å². The molecule has 4 nitrogen and oxygen atoms in total. The number of anilines is 1. The zero-order chi connectivity index (χ0) is 13.5. The number of fused-ring (bicyclic) bond motifs is 1. The van der Waals surface area contributed by atoms with Gasteiger partial charge in [-0.1, -0.05) is 25.7 Å². The molecule has 4 rings (SSSR count). The summed E-state index contributed by atoms with van der Waals surface area (Å²) in [5.41, 5.74) is 0. The molecule has 3 fully saturated rings. The predicted molar refractivity (Wildman–Crippen MR) is 77.5 cm³/mol. The maximum Gasteiger partial charge on any atom is 0.129 e. The van der Waals surface area contributed by atoms with Crippen molar-refractivity contribution in [3.05, 3.63) is 18.1 Å². The van der Waals surface area contributed by atoms with E-state index in [-0.39, 0.29) is 0 Å². The van der Waals surface area contributed by atoms with Crippen molar-refractivity contribution >= 4 is 5.82 Å². The Balaban J connectivity index is 1.52. The molecule has 2 aliphatic carbocycles. The van der Waals surface area contributed by atoms with E-state index in [2.05, 4.69) is 15.3 Å². The third-order valence-electron chi connectivity index (χ3n) is 5.47. The summed E-state index contributed by atoms with van der Waals surface area (Å²) in [5, 5.41) is 3.69. The lowest BCUT2D eigenvalue weighted by molar-refractivity contribution is -0.0629. The molecule has 2 heterocycles. The molecule has 2 saturated carbocycles. The second-order valence-corrected chi connectivity index (χ2v) is 6.57. The van der Waals surface area contributed by atoms with E-state index in [1.807, 2.05) is 19.2 Å². The van der Waals surface area contributed by atoms with Crippen molar-refractivity contribution < 1.29 is 4.74 Å². The van der Waals surface area contributed by atoms with Gasteiger partial charge in [0, 0.05) is 30.7 Å². The highest BCUT2D eigenvalue weighted by Gasteiger charge is 2.56. The van der Waals surface area contributed by atoms with Gasteiger partial charge < -0.3 is 10.1 Å². The van der Waals surface area contributed by atoms with Crippen molar-refractivity contribution in [1.29, 1.82) is 0 Å². The first-order valence-electron chi connectivity index (χ1n) is 8.01. The molecule has 4 heteroatoms. The zero-order valence-electron chi connectivity index (χ0n) is 12.1. The van der Waals surface area contributed by atoms with Crippen molar-refractivity contribution in [1.82, 2.24) is 9.97 Å². The Hall–Kier alpha value is -1.16. The number of rotatable bonds is 3. The fourth-order valence-corrected chi connectivity index (χ4v) is 4.57. The lowest BCUT2D eigenvalue weighted by atomic mass is 9.61. The van der Waals surface area contributed by atoms with Gasteiger partial charge in [0.05, 0.1) is 6.10 Å². The van der Waals surface area contributed by atoms with Gasteiger partial charge in [-0.25, -0.2) is 9.97 Å². The fraction of sp³-hybridized carbons (Fsp3) is 0.750. The molecule has 3 aliphatic rings. The van der Waals surface area contributed by atoms with Crippen LogP contribution in [0.2, 0.25) is 0 Å². The van der Waals surface area contributed by atoms with Crippen LogP contribution in [0.4, 0.5) is 5.82 Å². The standard InChI is InChI=1S/C16H23N3O/c1-10-17-8-6-13(18-10)19-15-12-7-9-20-16(12)14(15)11-4-2-3-5-11/h6,8,11-12,14-16H,2-5,7,9H2,1H3,(H,17,18,19)/t12-,14+,15-,16-/m0/s1. The smallest absolute Gasteiger partial charge is 0.129 e. The molecule has 0 amide bonds. The van der Waals surface area contributed by atoms with Gasteiger partial charge in [-0.15, -0.1) is 0 Å². The maximum absolute atomic E-state index is 6.00. The first kappa shape index (κ1) is 12.6. The van der Waals surface area contributed by atoms with Crippen molar-refractivity contribution in [3.8, 4) is 0 Å². The average Bonchev–Trinajstić information content (AvgIpc) is 3.07. The van der Waals surface area contributed by atoms with Crippen molar-refractivity contribution in [2.75, 3.05) is 11.9 Å². The van der Waals surface area contributed by atoms with E-state index in [0.29, 0.717) is 24.0 Å². The highest BCUT2D eigenvalue weighted by atomic mass is 16.5. The topological polar surface area (TPSA) is 47.0 Å². The Labute approximate surface area is 120 Å². The molecule has 0 unspecified atom stereocenters. The highest BCUT2D eigenvalue weighted by molar-refractivity contribution is 5.37. The van der Waals surface area contributed by atoms with Gasteiger partial charge >= 0.3 is 0 Å². The minimum atomic E-state index is 0.513. The Bertz CT molecular complexity index is 482. The van der Waals surface area contributed by atoms with E-state index < -0.39 is 0 Å². The molecule has 0 spiro atoms. The molecular formula is C16H23N3O. The van der Waals surface area contributed by atoms with Crippen LogP contribution in [0.25, 0.3) is 0 Å². The van der Waals surface area contributed by atoms with Gasteiger partial charge in [-0.05, 0) is 25.3 Å². The molecule has 108 valence electrons. The van der Waals surface area contributed by atoms with Crippen LogP contribution in [0.3, 0.4) is 0 Å². The monoisotopic (exact) mass is 273 g/mol. The van der Waals surface area contributed by atoms with Gasteiger partial charge in [-0.3, -0.25) is 0 Å². The van der Waals surface area contributed by atoms with Gasteiger partial charge in [-0.2, -0.15) is 0 Å². The summed E-state index contributed by atoms with van der Waals surface area (Å²) in [7, 11) is 0. The van der Waals surface area contributed by atoms with E-state index in [1.165, 1.54) is 32.1 Å². The molecule has 1 N–H and O–H groups in total. The maximum atomic E-state index is 6.00. The number of nitrogens with one attached hydrogen (secondary N) is 1. The molecule has 1 aromatic rings. The van der Waals surface area contributed by atoms with Crippen LogP contribution < -0.4 is 5.32 Å². The van der Waals surface area contributed by atoms with Gasteiger partial charge in [0.25, 0.3) is 0 Å². The van der Waals surface area contributed by atoms with Crippen LogP contribution in [0, 0.1) is 24.7 Å². The number of aryl methyl sites for hydroxylation is 1. The molecule has 20 heavy (non-hydrogen) atoms. The summed E-state index contributed by atoms with van der Waals surface area (Å²) in [6, 6.07) is 2.54. The minimum Gasteiger partial charge on any atom is -0.377 e. The third-order valence-corrected chi connectivity index (χ3v) is 5.47. The molecule has 4 atom stereocenters. The van der Waals surface area contributed by atoms with E-state index in [0.717, 1.165) is 24.2 Å². The average molecular weight is 273 g/mol. The van der Waals surface area contributed by atoms with Gasteiger partial charge in [0.1, 0.15) is 11.6 Å². The van der Waals surface area contributed by atoms with E-state index >= 15 is 0 Å². The number of hydrogen-bond acceptors (Lipinski definition) is 4. The molecule has 0 radical (unpaired) electrons. The van der Waals surface area contributed by atoms with Gasteiger partial charge in [0.2, 0.25) is 0 Å². The minimum absolute atomic E-state index is 0.513. The lowest BCUT2D eigenvalue weighted by Gasteiger charge is -2.51. The quantitative estimate of drug-likeness (QED) is 0.920. The summed E-state index contributed by atoms with van der Waals surface area (Å²) >= 11 is 0. The first-order valence-corrected chi connectivity index (χ1v) is 8.01. The predicted octanol–water partition coefficient (Wildman–Crippen LogP) is 2.79. The van der Waals surface area contributed by atoms with E-state index in [9.17, 15) is 0 Å². The molecule has 0 aromatic carbocycles. The Kier molecular flexibility index (Phi) is 3.14. The van der Waals surface area contributed by atoms with Crippen LogP contribution in [0.1, 0.15) is 37.9 Å². The molecular weight excluding hydrogens is 250 g/mol. The molecule has 1 saturated heterocycles. The Morgan fingerprint density at radius 1 is 1.25 bits per heavy atom.